The van der Waals surface area contributed by atoms with Crippen LogP contribution in [0, 0.1) is 0 Å². The summed E-state index contributed by atoms with van der Waals surface area (Å²) in [6, 6.07) is -0.800. The van der Waals surface area contributed by atoms with E-state index in [1.165, 1.54) is 238 Å². The van der Waals surface area contributed by atoms with Crippen LogP contribution < -0.4 is 5.32 Å². The molecule has 0 saturated carbocycles. The molecule has 0 bridgehead atoms. The number of aliphatic hydroxyl groups excluding tert-OH is 5. The fraction of sp³-hybridized carbons (Fsp3) is 0.948. The van der Waals surface area contributed by atoms with Gasteiger partial charge in [-0.25, -0.2) is 0 Å². The van der Waals surface area contributed by atoms with E-state index < -0.39 is 49.5 Å². The van der Waals surface area contributed by atoms with Gasteiger partial charge >= 0.3 is 0 Å². The van der Waals surface area contributed by atoms with Crippen LogP contribution in [0.2, 0.25) is 0 Å². The fourth-order valence-corrected chi connectivity index (χ4v) is 9.69. The largest absolute Gasteiger partial charge is 0.394 e. The van der Waals surface area contributed by atoms with Crippen LogP contribution in [0.4, 0.5) is 0 Å². The average molecular weight is 953 g/mol. The van der Waals surface area contributed by atoms with Gasteiger partial charge in [0.25, 0.3) is 0 Å². The number of hydrogen-bond acceptors (Lipinski definition) is 8. The number of amides is 1. The van der Waals surface area contributed by atoms with Gasteiger partial charge in [-0.2, -0.15) is 0 Å². The Morgan fingerprint density at radius 3 is 1.16 bits per heavy atom. The maximum Gasteiger partial charge on any atom is 0.220 e. The first kappa shape index (κ1) is 63.9. The van der Waals surface area contributed by atoms with Gasteiger partial charge < -0.3 is 40.3 Å². The summed E-state index contributed by atoms with van der Waals surface area (Å²) in [5.41, 5.74) is 0. The Kier molecular flexibility index (Phi) is 46.3. The molecular formula is C58H113NO8. The highest BCUT2D eigenvalue weighted by atomic mass is 16.7. The predicted octanol–water partition coefficient (Wildman–Crippen LogP) is 14.4. The van der Waals surface area contributed by atoms with Gasteiger partial charge in [0.1, 0.15) is 24.4 Å². The number of allylic oxidation sites excluding steroid dienone is 1. The molecule has 9 heteroatoms. The van der Waals surface area contributed by atoms with Gasteiger partial charge in [0.15, 0.2) is 6.29 Å². The van der Waals surface area contributed by atoms with Crippen LogP contribution in [-0.2, 0) is 14.3 Å². The third-order valence-electron chi connectivity index (χ3n) is 14.4. The zero-order chi connectivity index (χ0) is 48.7. The van der Waals surface area contributed by atoms with E-state index in [2.05, 4.69) is 19.2 Å². The highest BCUT2D eigenvalue weighted by molar-refractivity contribution is 5.76. The molecule has 0 spiro atoms. The molecule has 7 atom stereocenters. The quantitative estimate of drug-likeness (QED) is 0.0261. The lowest BCUT2D eigenvalue weighted by molar-refractivity contribution is -0.302. The minimum atomic E-state index is -1.56. The van der Waals surface area contributed by atoms with Crippen molar-refractivity contribution in [2.24, 2.45) is 0 Å². The maximum absolute atomic E-state index is 13.0. The van der Waals surface area contributed by atoms with Gasteiger partial charge in [0, 0.05) is 6.42 Å². The Bertz CT molecular complexity index is 1060. The van der Waals surface area contributed by atoms with Gasteiger partial charge in [-0.15, -0.1) is 0 Å². The molecule has 0 aromatic heterocycles. The zero-order valence-corrected chi connectivity index (χ0v) is 44.2. The van der Waals surface area contributed by atoms with Crippen molar-refractivity contribution < 1.29 is 39.8 Å². The number of nitrogens with one attached hydrogen (secondary N) is 1. The Morgan fingerprint density at radius 1 is 0.493 bits per heavy atom. The molecule has 0 radical (unpaired) electrons. The van der Waals surface area contributed by atoms with Crippen LogP contribution in [0.1, 0.15) is 296 Å². The summed E-state index contributed by atoms with van der Waals surface area (Å²) in [4.78, 5) is 13.0. The second-order valence-corrected chi connectivity index (χ2v) is 20.8. The lowest BCUT2D eigenvalue weighted by atomic mass is 9.99. The van der Waals surface area contributed by atoms with Crippen LogP contribution >= 0.6 is 0 Å². The van der Waals surface area contributed by atoms with E-state index in [0.717, 1.165) is 38.5 Å². The van der Waals surface area contributed by atoms with Crippen LogP contribution in [0.25, 0.3) is 0 Å². The van der Waals surface area contributed by atoms with Crippen LogP contribution in [0.5, 0.6) is 0 Å². The summed E-state index contributed by atoms with van der Waals surface area (Å²) in [6.45, 7) is 3.81. The Balaban J connectivity index is 2.14. The number of carbonyl (C=O) groups excluding carboxylic acids is 1. The van der Waals surface area contributed by atoms with Gasteiger partial charge in [-0.3, -0.25) is 4.79 Å². The minimum absolute atomic E-state index is 0.170. The minimum Gasteiger partial charge on any atom is -0.394 e. The third-order valence-corrected chi connectivity index (χ3v) is 14.4. The van der Waals surface area contributed by atoms with Crippen molar-refractivity contribution >= 4 is 5.91 Å². The van der Waals surface area contributed by atoms with E-state index in [1.54, 1.807) is 6.08 Å². The number of rotatable bonds is 51. The lowest BCUT2D eigenvalue weighted by Crippen LogP contribution is -2.60. The van der Waals surface area contributed by atoms with Crippen LogP contribution in [0.15, 0.2) is 12.2 Å². The highest BCUT2D eigenvalue weighted by Crippen LogP contribution is 2.23. The normalized spacial score (nSPS) is 19.7. The lowest BCUT2D eigenvalue weighted by Gasteiger charge is -2.40. The van der Waals surface area contributed by atoms with Gasteiger partial charge in [-0.1, -0.05) is 283 Å². The van der Waals surface area contributed by atoms with E-state index in [0.29, 0.717) is 6.42 Å². The molecule has 1 amide bonds. The summed E-state index contributed by atoms with van der Waals surface area (Å²) in [5.74, 6) is -0.170. The molecule has 398 valence electrons. The first-order valence-corrected chi connectivity index (χ1v) is 29.4. The van der Waals surface area contributed by atoms with Crippen molar-refractivity contribution in [1.82, 2.24) is 5.32 Å². The molecule has 0 aromatic rings. The molecule has 1 fully saturated rings. The van der Waals surface area contributed by atoms with Crippen molar-refractivity contribution in [1.29, 1.82) is 0 Å². The summed E-state index contributed by atoms with van der Waals surface area (Å²) in [5, 5.41) is 54.5. The van der Waals surface area contributed by atoms with E-state index in [9.17, 15) is 30.3 Å². The summed E-state index contributed by atoms with van der Waals surface area (Å²) in [6.07, 6.45) is 52.9. The van der Waals surface area contributed by atoms with Crippen molar-refractivity contribution in [3.05, 3.63) is 12.2 Å². The fourth-order valence-electron chi connectivity index (χ4n) is 9.69. The Labute approximate surface area is 414 Å². The number of unbranched alkanes of at least 4 members (excludes halogenated alkanes) is 41. The Morgan fingerprint density at radius 2 is 0.821 bits per heavy atom. The monoisotopic (exact) mass is 952 g/mol. The number of aliphatic hydroxyl groups is 5. The second kappa shape index (κ2) is 48.6. The smallest absolute Gasteiger partial charge is 0.220 e. The summed E-state index contributed by atoms with van der Waals surface area (Å²) in [7, 11) is 0. The van der Waals surface area contributed by atoms with E-state index >= 15 is 0 Å². The maximum atomic E-state index is 13.0. The molecule has 2 unspecified atom stereocenters. The molecule has 6 N–H and O–H groups in total. The topological polar surface area (TPSA) is 149 Å². The molecule has 1 aliphatic rings. The van der Waals surface area contributed by atoms with Crippen LogP contribution in [0.3, 0.4) is 0 Å². The summed E-state index contributed by atoms with van der Waals surface area (Å²) < 4.78 is 11.3. The zero-order valence-electron chi connectivity index (χ0n) is 44.2. The van der Waals surface area contributed by atoms with E-state index in [1.807, 2.05) is 6.08 Å². The van der Waals surface area contributed by atoms with E-state index in [4.69, 9.17) is 9.47 Å². The molecular weight excluding hydrogens is 839 g/mol. The molecule has 9 nitrogen and oxygen atoms in total. The SMILES string of the molecule is CCCCCCCCCCCCCCC/C=C/[C@@H](O)[C@H](CO[C@@H]1O[C@H](CO)[C@H](O)C(O)C1O)NC(=O)CCCCCCCCCCCCCCCCCCCCCCCCCCCCCCC. The van der Waals surface area contributed by atoms with Crippen molar-refractivity contribution in [2.45, 2.75) is 339 Å². The van der Waals surface area contributed by atoms with Gasteiger partial charge in [-0.05, 0) is 19.3 Å². The summed E-state index contributed by atoms with van der Waals surface area (Å²) >= 11 is 0. The standard InChI is InChI=1S/C58H113NO8/c1-3-5-7-9-11-13-15-17-19-20-21-22-23-24-25-26-27-28-29-30-31-32-34-36-38-40-42-44-46-48-54(62)59-51(50-66-58-57(65)56(64)55(63)53(49-60)67-58)52(61)47-45-43-41-39-37-35-33-18-16-14-12-10-8-6-4-2/h45,47,51-53,55-58,60-61,63-65H,3-44,46,48-50H2,1-2H3,(H,59,62)/b47-45+/t51-,52+,53+,55-,56?,57?,58+/m0/s1. The number of hydrogen-bond donors (Lipinski definition) is 6. The first-order valence-electron chi connectivity index (χ1n) is 29.4. The molecule has 1 rings (SSSR count). The highest BCUT2D eigenvalue weighted by Gasteiger charge is 2.44. The molecule has 1 heterocycles. The molecule has 0 aliphatic carbocycles. The molecule has 1 saturated heterocycles. The van der Waals surface area contributed by atoms with Gasteiger partial charge in [0.05, 0.1) is 25.4 Å². The predicted molar refractivity (Wildman–Crippen MR) is 281 cm³/mol. The van der Waals surface area contributed by atoms with Crippen molar-refractivity contribution in [3.63, 3.8) is 0 Å². The second-order valence-electron chi connectivity index (χ2n) is 20.8. The van der Waals surface area contributed by atoms with Crippen molar-refractivity contribution in [2.75, 3.05) is 13.2 Å². The van der Waals surface area contributed by atoms with Gasteiger partial charge in [0.2, 0.25) is 5.91 Å². The molecule has 1 aliphatic heterocycles. The molecule has 0 aromatic carbocycles. The Hall–Kier alpha value is -1.07. The molecule has 67 heavy (non-hydrogen) atoms. The third kappa shape index (κ3) is 38.3. The van der Waals surface area contributed by atoms with Crippen molar-refractivity contribution in [3.8, 4) is 0 Å². The van der Waals surface area contributed by atoms with E-state index in [-0.39, 0.29) is 12.5 Å². The number of ether oxygens (including phenoxy) is 2. The number of carbonyl (C=O) groups is 1. The first-order chi connectivity index (χ1) is 32.8. The van der Waals surface area contributed by atoms with Crippen LogP contribution in [-0.4, -0.2) is 87.5 Å². The average Bonchev–Trinajstić information content (AvgIpc) is 3.33.